The molecule has 0 aliphatic heterocycles. The smallest absolute Gasteiger partial charge is 0.156 e. The fraction of sp³-hybridized carbons (Fsp3) is 0.0909. The maximum atomic E-state index is 5.81. The van der Waals surface area contributed by atoms with Gasteiger partial charge in [0.05, 0.1) is 0 Å². The Morgan fingerprint density at radius 2 is 1.82 bits per heavy atom. The molecule has 0 aliphatic rings. The lowest BCUT2D eigenvalue weighted by Gasteiger charge is -2.05. The SMILES string of the molecule is Nc1c(Cl)ncnc1SCc1ccc(Cl)cc1. The monoisotopic (exact) mass is 285 g/mol. The molecule has 2 aromatic rings. The maximum Gasteiger partial charge on any atom is 0.156 e. The third-order valence-corrected chi connectivity index (χ3v) is 3.72. The summed E-state index contributed by atoms with van der Waals surface area (Å²) < 4.78 is 0. The highest BCUT2D eigenvalue weighted by atomic mass is 35.5. The number of nitrogen functional groups attached to an aromatic ring is 1. The van der Waals surface area contributed by atoms with Crippen molar-refractivity contribution in [2.24, 2.45) is 0 Å². The molecule has 0 atom stereocenters. The van der Waals surface area contributed by atoms with Gasteiger partial charge in [-0.25, -0.2) is 9.97 Å². The van der Waals surface area contributed by atoms with Crippen molar-refractivity contribution < 1.29 is 0 Å². The average Bonchev–Trinajstić information content (AvgIpc) is 2.33. The van der Waals surface area contributed by atoms with Crippen LogP contribution in [0.1, 0.15) is 5.56 Å². The predicted octanol–water partition coefficient (Wildman–Crippen LogP) is 3.66. The van der Waals surface area contributed by atoms with Gasteiger partial charge in [-0.15, -0.1) is 0 Å². The number of anilines is 1. The van der Waals surface area contributed by atoms with Crippen LogP contribution < -0.4 is 5.73 Å². The summed E-state index contributed by atoms with van der Waals surface area (Å²) in [5, 5.41) is 1.71. The van der Waals surface area contributed by atoms with Gasteiger partial charge in [0.2, 0.25) is 0 Å². The first-order chi connectivity index (χ1) is 8.16. The Morgan fingerprint density at radius 1 is 1.12 bits per heavy atom. The summed E-state index contributed by atoms with van der Waals surface area (Å²) in [5.74, 6) is 0.759. The normalized spacial score (nSPS) is 10.5. The van der Waals surface area contributed by atoms with Crippen LogP contribution in [0.15, 0.2) is 35.6 Å². The number of hydrogen-bond donors (Lipinski definition) is 1. The van der Waals surface area contributed by atoms with Crippen molar-refractivity contribution in [3.05, 3.63) is 46.3 Å². The van der Waals surface area contributed by atoms with E-state index in [1.54, 1.807) is 0 Å². The molecule has 0 fully saturated rings. The van der Waals surface area contributed by atoms with Crippen LogP contribution in [-0.4, -0.2) is 9.97 Å². The quantitative estimate of drug-likeness (QED) is 0.691. The number of nitrogens with two attached hydrogens (primary N) is 1. The third-order valence-electron chi connectivity index (χ3n) is 2.09. The zero-order chi connectivity index (χ0) is 12.3. The predicted molar refractivity (Wildman–Crippen MR) is 72.5 cm³/mol. The lowest BCUT2D eigenvalue weighted by Crippen LogP contribution is -1.95. The van der Waals surface area contributed by atoms with E-state index in [0.717, 1.165) is 16.3 Å². The molecule has 0 saturated heterocycles. The highest BCUT2D eigenvalue weighted by Gasteiger charge is 2.06. The first-order valence-corrected chi connectivity index (χ1v) is 6.54. The largest absolute Gasteiger partial charge is 0.394 e. The molecule has 1 aromatic heterocycles. The van der Waals surface area contributed by atoms with Crippen molar-refractivity contribution in [3.8, 4) is 0 Å². The van der Waals surface area contributed by atoms with Crippen LogP contribution in [0.5, 0.6) is 0 Å². The number of benzene rings is 1. The highest BCUT2D eigenvalue weighted by Crippen LogP contribution is 2.29. The summed E-state index contributed by atoms with van der Waals surface area (Å²) >= 11 is 13.1. The Morgan fingerprint density at radius 3 is 2.53 bits per heavy atom. The van der Waals surface area contributed by atoms with Crippen molar-refractivity contribution >= 4 is 40.7 Å². The van der Waals surface area contributed by atoms with Crippen LogP contribution in [0, 0.1) is 0 Å². The van der Waals surface area contributed by atoms with Gasteiger partial charge in [0.15, 0.2) is 5.15 Å². The van der Waals surface area contributed by atoms with E-state index in [9.17, 15) is 0 Å². The molecule has 0 aliphatic carbocycles. The summed E-state index contributed by atoms with van der Waals surface area (Å²) in [6.07, 6.45) is 1.41. The molecule has 0 bridgehead atoms. The van der Waals surface area contributed by atoms with Gasteiger partial charge in [0, 0.05) is 10.8 Å². The number of rotatable bonds is 3. The molecule has 0 spiro atoms. The summed E-state index contributed by atoms with van der Waals surface area (Å²) in [6, 6.07) is 7.64. The number of thioether (sulfide) groups is 1. The van der Waals surface area contributed by atoms with Gasteiger partial charge < -0.3 is 5.73 Å². The Labute approximate surface area is 113 Å². The molecule has 6 heteroatoms. The Hall–Kier alpha value is -0.970. The molecule has 88 valence electrons. The van der Waals surface area contributed by atoms with E-state index in [1.807, 2.05) is 24.3 Å². The van der Waals surface area contributed by atoms with E-state index in [-0.39, 0.29) is 0 Å². The fourth-order valence-electron chi connectivity index (χ4n) is 1.21. The average molecular weight is 286 g/mol. The Kier molecular flexibility index (Phi) is 4.10. The highest BCUT2D eigenvalue weighted by molar-refractivity contribution is 7.98. The summed E-state index contributed by atoms with van der Waals surface area (Å²) in [5.41, 5.74) is 7.34. The van der Waals surface area contributed by atoms with Crippen molar-refractivity contribution in [1.82, 2.24) is 9.97 Å². The number of hydrogen-bond acceptors (Lipinski definition) is 4. The molecular weight excluding hydrogens is 277 g/mol. The van der Waals surface area contributed by atoms with E-state index in [0.29, 0.717) is 15.9 Å². The molecule has 0 saturated carbocycles. The molecule has 0 amide bonds. The van der Waals surface area contributed by atoms with Crippen molar-refractivity contribution in [3.63, 3.8) is 0 Å². The van der Waals surface area contributed by atoms with Crippen LogP contribution in [0.25, 0.3) is 0 Å². The molecule has 1 aromatic carbocycles. The number of halogens is 2. The Bertz CT molecular complexity index is 517. The van der Waals surface area contributed by atoms with Gasteiger partial charge in [0.25, 0.3) is 0 Å². The zero-order valence-electron chi connectivity index (χ0n) is 8.73. The summed E-state index contributed by atoms with van der Waals surface area (Å²) in [7, 11) is 0. The van der Waals surface area contributed by atoms with E-state index in [2.05, 4.69) is 9.97 Å². The minimum absolute atomic E-state index is 0.290. The first-order valence-electron chi connectivity index (χ1n) is 4.80. The van der Waals surface area contributed by atoms with Crippen molar-refractivity contribution in [2.75, 3.05) is 5.73 Å². The molecule has 2 N–H and O–H groups in total. The zero-order valence-corrected chi connectivity index (χ0v) is 11.1. The lowest BCUT2D eigenvalue weighted by molar-refractivity contribution is 1.06. The van der Waals surface area contributed by atoms with E-state index < -0.39 is 0 Å². The molecule has 0 unspecified atom stereocenters. The second-order valence-electron chi connectivity index (χ2n) is 3.30. The van der Waals surface area contributed by atoms with Gasteiger partial charge in [-0.2, -0.15) is 0 Å². The van der Waals surface area contributed by atoms with Gasteiger partial charge in [-0.1, -0.05) is 47.1 Å². The van der Waals surface area contributed by atoms with E-state index >= 15 is 0 Å². The molecule has 3 nitrogen and oxygen atoms in total. The van der Waals surface area contributed by atoms with Crippen LogP contribution in [0.2, 0.25) is 10.2 Å². The minimum Gasteiger partial charge on any atom is -0.394 e. The minimum atomic E-state index is 0.290. The van der Waals surface area contributed by atoms with Crippen LogP contribution >= 0.6 is 35.0 Å². The van der Waals surface area contributed by atoms with Crippen LogP contribution in [0.4, 0.5) is 5.69 Å². The number of aromatic nitrogens is 2. The summed E-state index contributed by atoms with van der Waals surface area (Å²) in [4.78, 5) is 7.89. The van der Waals surface area contributed by atoms with E-state index in [4.69, 9.17) is 28.9 Å². The van der Waals surface area contributed by atoms with Crippen molar-refractivity contribution in [1.29, 1.82) is 0 Å². The topological polar surface area (TPSA) is 51.8 Å². The van der Waals surface area contributed by atoms with Crippen LogP contribution in [-0.2, 0) is 5.75 Å². The molecule has 17 heavy (non-hydrogen) atoms. The molecule has 1 heterocycles. The fourth-order valence-corrected chi connectivity index (χ4v) is 2.39. The van der Waals surface area contributed by atoms with Gasteiger partial charge in [0.1, 0.15) is 17.0 Å². The van der Waals surface area contributed by atoms with Crippen molar-refractivity contribution in [2.45, 2.75) is 10.8 Å². The lowest BCUT2D eigenvalue weighted by atomic mass is 10.2. The van der Waals surface area contributed by atoms with E-state index in [1.165, 1.54) is 18.1 Å². The standard InChI is InChI=1S/C11H9Cl2N3S/c12-8-3-1-7(2-4-8)5-17-11-9(14)10(13)15-6-16-11/h1-4,6H,5,14H2. The van der Waals surface area contributed by atoms with Gasteiger partial charge in [-0.3, -0.25) is 0 Å². The molecule has 2 rings (SSSR count). The first kappa shape index (κ1) is 12.5. The number of nitrogens with zero attached hydrogens (tertiary/aromatic N) is 2. The van der Waals surface area contributed by atoms with Gasteiger partial charge in [-0.05, 0) is 17.7 Å². The molecular formula is C11H9Cl2N3S. The Balaban J connectivity index is 2.07. The van der Waals surface area contributed by atoms with Crippen LogP contribution in [0.3, 0.4) is 0 Å². The second-order valence-corrected chi connectivity index (χ2v) is 5.06. The maximum absolute atomic E-state index is 5.81. The third kappa shape index (κ3) is 3.25. The molecule has 0 radical (unpaired) electrons. The summed E-state index contributed by atoms with van der Waals surface area (Å²) in [6.45, 7) is 0. The van der Waals surface area contributed by atoms with Gasteiger partial charge >= 0.3 is 0 Å². The second kappa shape index (κ2) is 5.58.